The Morgan fingerprint density at radius 1 is 1.44 bits per heavy atom. The third kappa shape index (κ3) is 3.89. The van der Waals surface area contributed by atoms with Gasteiger partial charge in [0, 0.05) is 18.7 Å². The highest BCUT2D eigenvalue weighted by Gasteiger charge is 2.15. The van der Waals surface area contributed by atoms with E-state index in [-0.39, 0.29) is 12.5 Å². The highest BCUT2D eigenvalue weighted by atomic mass is 35.5. The molecule has 0 fully saturated rings. The lowest BCUT2D eigenvalue weighted by Gasteiger charge is -2.21. The summed E-state index contributed by atoms with van der Waals surface area (Å²) in [6.45, 7) is 2.99. The standard InChI is InChI=1S/C13H19ClN2O2/c1-2-3-6-16(7-8-17)13(18)10-4-5-11(14)12(15)9-10/h4-5,9,17H,2-3,6-8,15H2,1H3. The van der Waals surface area contributed by atoms with Crippen molar-refractivity contribution in [1.29, 1.82) is 0 Å². The van der Waals surface area contributed by atoms with Crippen LogP contribution in [0.5, 0.6) is 0 Å². The van der Waals surface area contributed by atoms with E-state index >= 15 is 0 Å². The van der Waals surface area contributed by atoms with E-state index in [0.29, 0.717) is 29.4 Å². The van der Waals surface area contributed by atoms with Crippen LogP contribution >= 0.6 is 11.6 Å². The topological polar surface area (TPSA) is 66.6 Å². The molecule has 4 nitrogen and oxygen atoms in total. The van der Waals surface area contributed by atoms with Gasteiger partial charge in [-0.3, -0.25) is 4.79 Å². The van der Waals surface area contributed by atoms with Crippen molar-refractivity contribution in [3.63, 3.8) is 0 Å². The fourth-order valence-electron chi connectivity index (χ4n) is 1.64. The number of carbonyl (C=O) groups is 1. The Labute approximate surface area is 112 Å². The lowest BCUT2D eigenvalue weighted by Crippen LogP contribution is -2.34. The second-order valence-electron chi connectivity index (χ2n) is 4.11. The van der Waals surface area contributed by atoms with Crippen LogP contribution in [-0.4, -0.2) is 35.6 Å². The number of aliphatic hydroxyl groups excluding tert-OH is 1. The first-order valence-corrected chi connectivity index (χ1v) is 6.43. The van der Waals surface area contributed by atoms with Gasteiger partial charge in [0.2, 0.25) is 0 Å². The van der Waals surface area contributed by atoms with Crippen LogP contribution in [-0.2, 0) is 0 Å². The maximum absolute atomic E-state index is 12.2. The van der Waals surface area contributed by atoms with E-state index in [1.54, 1.807) is 23.1 Å². The van der Waals surface area contributed by atoms with E-state index < -0.39 is 0 Å². The Kier molecular flexibility index (Phi) is 5.95. The summed E-state index contributed by atoms with van der Waals surface area (Å²) in [4.78, 5) is 13.9. The summed E-state index contributed by atoms with van der Waals surface area (Å²) in [7, 11) is 0. The number of unbranched alkanes of at least 4 members (excludes halogenated alkanes) is 1. The molecule has 0 aromatic heterocycles. The fourth-order valence-corrected chi connectivity index (χ4v) is 1.76. The number of rotatable bonds is 6. The number of amides is 1. The number of hydrogen-bond donors (Lipinski definition) is 2. The van der Waals surface area contributed by atoms with Gasteiger partial charge < -0.3 is 15.7 Å². The zero-order valence-electron chi connectivity index (χ0n) is 10.5. The van der Waals surface area contributed by atoms with Crippen LogP contribution in [0.3, 0.4) is 0 Å². The highest BCUT2D eigenvalue weighted by molar-refractivity contribution is 6.33. The molecule has 1 amide bonds. The predicted octanol–water partition coefficient (Wildman–Crippen LogP) is 2.16. The van der Waals surface area contributed by atoms with Crippen LogP contribution in [0.25, 0.3) is 0 Å². The summed E-state index contributed by atoms with van der Waals surface area (Å²) in [5, 5.41) is 9.43. The molecule has 0 aliphatic rings. The van der Waals surface area contributed by atoms with Crippen molar-refractivity contribution in [2.45, 2.75) is 19.8 Å². The Hall–Kier alpha value is -1.26. The van der Waals surface area contributed by atoms with E-state index in [9.17, 15) is 4.79 Å². The first-order valence-electron chi connectivity index (χ1n) is 6.05. The van der Waals surface area contributed by atoms with E-state index in [1.807, 2.05) is 0 Å². The van der Waals surface area contributed by atoms with E-state index in [2.05, 4.69) is 6.92 Å². The SMILES string of the molecule is CCCCN(CCO)C(=O)c1ccc(Cl)c(N)c1. The van der Waals surface area contributed by atoms with Crippen LogP contribution in [0.15, 0.2) is 18.2 Å². The molecule has 0 bridgehead atoms. The lowest BCUT2D eigenvalue weighted by molar-refractivity contribution is 0.0719. The molecule has 0 aliphatic carbocycles. The van der Waals surface area contributed by atoms with Crippen molar-refractivity contribution in [1.82, 2.24) is 4.90 Å². The molecule has 100 valence electrons. The number of hydrogen-bond acceptors (Lipinski definition) is 3. The van der Waals surface area contributed by atoms with E-state index in [0.717, 1.165) is 12.8 Å². The van der Waals surface area contributed by atoms with E-state index in [4.69, 9.17) is 22.4 Å². The van der Waals surface area contributed by atoms with Crippen molar-refractivity contribution in [3.8, 4) is 0 Å². The Bertz CT molecular complexity index is 410. The highest BCUT2D eigenvalue weighted by Crippen LogP contribution is 2.20. The zero-order chi connectivity index (χ0) is 13.5. The summed E-state index contributed by atoms with van der Waals surface area (Å²) in [5.74, 6) is -0.124. The molecule has 0 radical (unpaired) electrons. The van der Waals surface area contributed by atoms with Gasteiger partial charge in [0.25, 0.3) is 5.91 Å². The molecule has 0 spiro atoms. The molecule has 1 aromatic carbocycles. The first-order chi connectivity index (χ1) is 8.60. The lowest BCUT2D eigenvalue weighted by atomic mass is 10.1. The number of halogens is 1. The maximum atomic E-state index is 12.2. The monoisotopic (exact) mass is 270 g/mol. The summed E-state index contributed by atoms with van der Waals surface area (Å²) in [5.41, 5.74) is 6.57. The van der Waals surface area contributed by atoms with Gasteiger partial charge in [-0.15, -0.1) is 0 Å². The molecule has 5 heteroatoms. The molecule has 0 saturated carbocycles. The minimum Gasteiger partial charge on any atom is -0.398 e. The molecule has 0 atom stereocenters. The van der Waals surface area contributed by atoms with Gasteiger partial charge in [0.15, 0.2) is 0 Å². The number of benzene rings is 1. The van der Waals surface area contributed by atoms with Crippen molar-refractivity contribution in [2.75, 3.05) is 25.4 Å². The second kappa shape index (κ2) is 7.24. The number of nitrogens with zero attached hydrogens (tertiary/aromatic N) is 1. The summed E-state index contributed by atoms with van der Waals surface area (Å²) < 4.78 is 0. The summed E-state index contributed by atoms with van der Waals surface area (Å²) >= 11 is 5.82. The summed E-state index contributed by atoms with van der Waals surface area (Å²) in [6.07, 6.45) is 1.91. The molecule has 0 heterocycles. The molecule has 0 unspecified atom stereocenters. The minimum atomic E-state index is -0.124. The van der Waals surface area contributed by atoms with Crippen LogP contribution in [0.4, 0.5) is 5.69 Å². The molecule has 3 N–H and O–H groups in total. The minimum absolute atomic E-state index is 0.0431. The average Bonchev–Trinajstić information content (AvgIpc) is 2.37. The van der Waals surface area contributed by atoms with E-state index in [1.165, 1.54) is 0 Å². The largest absolute Gasteiger partial charge is 0.398 e. The van der Waals surface area contributed by atoms with Gasteiger partial charge in [-0.25, -0.2) is 0 Å². The van der Waals surface area contributed by atoms with Crippen molar-refractivity contribution in [3.05, 3.63) is 28.8 Å². The average molecular weight is 271 g/mol. The molecular weight excluding hydrogens is 252 g/mol. The molecule has 18 heavy (non-hydrogen) atoms. The number of carbonyl (C=O) groups excluding carboxylic acids is 1. The molecule has 1 rings (SSSR count). The third-order valence-electron chi connectivity index (χ3n) is 2.68. The predicted molar refractivity (Wildman–Crippen MR) is 73.8 cm³/mol. The smallest absolute Gasteiger partial charge is 0.254 e. The zero-order valence-corrected chi connectivity index (χ0v) is 11.3. The second-order valence-corrected chi connectivity index (χ2v) is 4.51. The van der Waals surface area contributed by atoms with Gasteiger partial charge in [0.05, 0.1) is 17.3 Å². The van der Waals surface area contributed by atoms with Gasteiger partial charge >= 0.3 is 0 Å². The van der Waals surface area contributed by atoms with Crippen LogP contribution in [0.1, 0.15) is 30.1 Å². The van der Waals surface area contributed by atoms with Gasteiger partial charge in [-0.05, 0) is 24.6 Å². The Balaban J connectivity index is 2.83. The number of anilines is 1. The quantitative estimate of drug-likeness (QED) is 0.779. The van der Waals surface area contributed by atoms with Gasteiger partial charge in [-0.2, -0.15) is 0 Å². The third-order valence-corrected chi connectivity index (χ3v) is 3.03. The molecule has 0 saturated heterocycles. The van der Waals surface area contributed by atoms with Crippen molar-refractivity contribution >= 4 is 23.2 Å². The number of aliphatic hydroxyl groups is 1. The van der Waals surface area contributed by atoms with Gasteiger partial charge in [0.1, 0.15) is 0 Å². The Morgan fingerprint density at radius 2 is 2.17 bits per heavy atom. The van der Waals surface area contributed by atoms with Crippen LogP contribution in [0, 0.1) is 0 Å². The summed E-state index contributed by atoms with van der Waals surface area (Å²) in [6, 6.07) is 4.83. The molecule has 1 aromatic rings. The molecule has 0 aliphatic heterocycles. The number of nitrogens with two attached hydrogens (primary N) is 1. The first kappa shape index (κ1) is 14.8. The van der Waals surface area contributed by atoms with Crippen molar-refractivity contribution in [2.24, 2.45) is 0 Å². The van der Waals surface area contributed by atoms with Gasteiger partial charge in [-0.1, -0.05) is 24.9 Å². The van der Waals surface area contributed by atoms with Crippen LogP contribution < -0.4 is 5.73 Å². The van der Waals surface area contributed by atoms with Crippen LogP contribution in [0.2, 0.25) is 5.02 Å². The van der Waals surface area contributed by atoms with Crippen molar-refractivity contribution < 1.29 is 9.90 Å². The maximum Gasteiger partial charge on any atom is 0.254 e. The fraction of sp³-hybridized carbons (Fsp3) is 0.462. The normalized spacial score (nSPS) is 10.4. The number of nitrogen functional groups attached to an aromatic ring is 1. The Morgan fingerprint density at radius 3 is 2.72 bits per heavy atom. The molecular formula is C13H19ClN2O2.